The Labute approximate surface area is 166 Å². The summed E-state index contributed by atoms with van der Waals surface area (Å²) in [5.41, 5.74) is 0. The minimum atomic E-state index is 0.0578. The molecule has 0 saturated carbocycles. The van der Waals surface area contributed by atoms with E-state index in [9.17, 15) is 0 Å². The second-order valence-corrected chi connectivity index (χ2v) is 6.33. The van der Waals surface area contributed by atoms with E-state index in [1.165, 1.54) is 0 Å². The molecule has 0 heterocycles. The van der Waals surface area contributed by atoms with E-state index in [-0.39, 0.29) is 6.61 Å². The van der Waals surface area contributed by atoms with Crippen molar-refractivity contribution in [2.24, 2.45) is 0 Å². The van der Waals surface area contributed by atoms with E-state index in [0.717, 1.165) is 58.5 Å². The lowest BCUT2D eigenvalue weighted by Crippen LogP contribution is -2.34. The van der Waals surface area contributed by atoms with E-state index in [0.29, 0.717) is 52.9 Å². The Morgan fingerprint density at radius 2 is 0.889 bits per heavy atom. The molecule has 0 saturated heterocycles. The van der Waals surface area contributed by atoms with Crippen molar-refractivity contribution in [1.29, 1.82) is 0 Å². The lowest BCUT2D eigenvalue weighted by molar-refractivity contribution is 0.0147. The van der Waals surface area contributed by atoms with E-state index < -0.39 is 0 Å². The summed E-state index contributed by atoms with van der Waals surface area (Å²) in [7, 11) is 0. The van der Waals surface area contributed by atoms with Gasteiger partial charge in [0, 0.05) is 32.8 Å². The van der Waals surface area contributed by atoms with Crippen LogP contribution in [-0.4, -0.2) is 102 Å². The first-order valence-electron chi connectivity index (χ1n) is 10.6. The monoisotopic (exact) mass is 393 g/mol. The topological polar surface area (TPSA) is 69.6 Å². The first kappa shape index (κ1) is 26.7. The third kappa shape index (κ3) is 21.9. The summed E-state index contributed by atoms with van der Waals surface area (Å²) < 4.78 is 27.6. The molecule has 164 valence electrons. The molecule has 27 heavy (non-hydrogen) atoms. The van der Waals surface area contributed by atoms with Gasteiger partial charge in [-0.25, -0.2) is 0 Å². The summed E-state index contributed by atoms with van der Waals surface area (Å²) in [5, 5.41) is 8.78. The van der Waals surface area contributed by atoms with Crippen molar-refractivity contribution in [3.05, 3.63) is 0 Å². The van der Waals surface area contributed by atoms with E-state index in [2.05, 4.69) is 18.7 Å². The maximum absolute atomic E-state index is 8.78. The van der Waals surface area contributed by atoms with Crippen molar-refractivity contribution in [1.82, 2.24) is 4.90 Å². The molecule has 1 N–H and O–H groups in total. The Hall–Kier alpha value is -0.280. The highest BCUT2D eigenvalue weighted by atomic mass is 16.5. The van der Waals surface area contributed by atoms with Crippen LogP contribution < -0.4 is 0 Å². The van der Waals surface area contributed by atoms with Crippen LogP contribution in [-0.2, 0) is 23.7 Å². The van der Waals surface area contributed by atoms with Crippen LogP contribution in [0.25, 0.3) is 0 Å². The van der Waals surface area contributed by atoms with Crippen LogP contribution in [0.1, 0.15) is 39.5 Å². The molecule has 0 aliphatic carbocycles. The Morgan fingerprint density at radius 1 is 0.519 bits per heavy atom. The first-order valence-corrected chi connectivity index (χ1v) is 10.6. The molecule has 0 rings (SSSR count). The van der Waals surface area contributed by atoms with Crippen molar-refractivity contribution in [2.45, 2.75) is 39.5 Å². The maximum Gasteiger partial charge on any atom is 0.0701 e. The number of nitrogens with zero attached hydrogens (tertiary/aromatic N) is 1. The van der Waals surface area contributed by atoms with Gasteiger partial charge in [-0.1, -0.05) is 26.7 Å². The van der Waals surface area contributed by atoms with Gasteiger partial charge in [-0.15, -0.1) is 0 Å². The zero-order valence-corrected chi connectivity index (χ0v) is 17.7. The van der Waals surface area contributed by atoms with Gasteiger partial charge in [0.1, 0.15) is 0 Å². The van der Waals surface area contributed by atoms with Gasteiger partial charge in [-0.2, -0.15) is 0 Å². The molecule has 0 aromatic carbocycles. The van der Waals surface area contributed by atoms with Crippen molar-refractivity contribution < 1.29 is 28.8 Å². The summed E-state index contributed by atoms with van der Waals surface area (Å²) in [6, 6.07) is 0. The second kappa shape index (κ2) is 23.8. The molecule has 0 aliphatic rings. The minimum Gasteiger partial charge on any atom is -0.394 e. The second-order valence-electron chi connectivity index (χ2n) is 6.33. The Morgan fingerprint density at radius 3 is 1.26 bits per heavy atom. The average Bonchev–Trinajstić information content (AvgIpc) is 2.68. The molecule has 0 spiro atoms. The van der Waals surface area contributed by atoms with Gasteiger partial charge in [0.2, 0.25) is 0 Å². The van der Waals surface area contributed by atoms with Gasteiger partial charge in [-0.3, -0.25) is 4.90 Å². The van der Waals surface area contributed by atoms with Gasteiger partial charge in [0.15, 0.2) is 0 Å². The van der Waals surface area contributed by atoms with Crippen LogP contribution >= 0.6 is 0 Å². The van der Waals surface area contributed by atoms with Crippen LogP contribution in [0.3, 0.4) is 0 Å². The largest absolute Gasteiger partial charge is 0.394 e. The number of hydrogen-bond acceptors (Lipinski definition) is 7. The molecule has 0 aromatic heterocycles. The predicted octanol–water partition coefficient (Wildman–Crippen LogP) is 1.96. The molecular formula is C20H43NO6. The van der Waals surface area contributed by atoms with Crippen LogP contribution in [0.4, 0.5) is 0 Å². The van der Waals surface area contributed by atoms with Crippen LogP contribution in [0.5, 0.6) is 0 Å². The number of unbranched alkanes of at least 4 members (excludes halogenated alkanes) is 2. The number of rotatable bonds is 23. The van der Waals surface area contributed by atoms with Crippen molar-refractivity contribution >= 4 is 0 Å². The summed E-state index contributed by atoms with van der Waals surface area (Å²) in [4.78, 5) is 2.26. The fraction of sp³-hybridized carbons (Fsp3) is 1.00. The summed E-state index contributed by atoms with van der Waals surface area (Å²) in [6.45, 7) is 13.3. The summed E-state index contributed by atoms with van der Waals surface area (Å²) >= 11 is 0. The quantitative estimate of drug-likeness (QED) is 0.266. The molecule has 7 heteroatoms. The van der Waals surface area contributed by atoms with Crippen molar-refractivity contribution in [3.8, 4) is 0 Å². The predicted molar refractivity (Wildman–Crippen MR) is 107 cm³/mol. The van der Waals surface area contributed by atoms with Crippen LogP contribution in [0.2, 0.25) is 0 Å². The molecule has 0 aromatic rings. The molecule has 0 unspecified atom stereocenters. The standard InChI is InChI=1S/C20H43NO6/c1-3-5-11-23-17-19-26-14-8-21(7-13-25-16-10-22)9-15-27-20-18-24-12-6-4-2/h22H,3-20H2,1-2H3. The highest BCUT2D eigenvalue weighted by Gasteiger charge is 2.05. The lowest BCUT2D eigenvalue weighted by Gasteiger charge is -2.22. The van der Waals surface area contributed by atoms with Gasteiger partial charge in [-0.05, 0) is 12.8 Å². The normalized spacial score (nSPS) is 11.6. The minimum absolute atomic E-state index is 0.0578. The van der Waals surface area contributed by atoms with Gasteiger partial charge in [0.05, 0.1) is 59.5 Å². The SMILES string of the molecule is CCCCOCCOCCN(CCOCCO)CCOCCOCCCC. The first-order chi connectivity index (χ1) is 13.3. The van der Waals surface area contributed by atoms with Gasteiger partial charge in [0.25, 0.3) is 0 Å². The van der Waals surface area contributed by atoms with E-state index in [1.54, 1.807) is 0 Å². The number of aliphatic hydroxyl groups is 1. The highest BCUT2D eigenvalue weighted by molar-refractivity contribution is 4.57. The smallest absolute Gasteiger partial charge is 0.0701 e. The van der Waals surface area contributed by atoms with Gasteiger partial charge < -0.3 is 28.8 Å². The molecular weight excluding hydrogens is 350 g/mol. The van der Waals surface area contributed by atoms with Gasteiger partial charge >= 0.3 is 0 Å². The summed E-state index contributed by atoms with van der Waals surface area (Å²) in [5.74, 6) is 0. The zero-order valence-electron chi connectivity index (χ0n) is 17.7. The van der Waals surface area contributed by atoms with E-state index in [4.69, 9.17) is 28.8 Å². The molecule has 0 bridgehead atoms. The molecule has 0 radical (unpaired) electrons. The molecule has 0 fully saturated rings. The Balaban J connectivity index is 3.70. The third-order valence-electron chi connectivity index (χ3n) is 3.92. The summed E-state index contributed by atoms with van der Waals surface area (Å²) in [6.07, 6.45) is 4.51. The lowest BCUT2D eigenvalue weighted by atomic mass is 10.4. The average molecular weight is 394 g/mol. The molecule has 0 aliphatic heterocycles. The molecule has 0 amide bonds. The molecule has 0 atom stereocenters. The van der Waals surface area contributed by atoms with Crippen LogP contribution in [0, 0.1) is 0 Å². The molecule has 7 nitrogen and oxygen atoms in total. The zero-order chi connectivity index (χ0) is 19.8. The van der Waals surface area contributed by atoms with E-state index >= 15 is 0 Å². The van der Waals surface area contributed by atoms with Crippen LogP contribution in [0.15, 0.2) is 0 Å². The van der Waals surface area contributed by atoms with Crippen molar-refractivity contribution in [2.75, 3.05) is 92.3 Å². The number of hydrogen-bond donors (Lipinski definition) is 1. The van der Waals surface area contributed by atoms with Crippen molar-refractivity contribution in [3.63, 3.8) is 0 Å². The maximum atomic E-state index is 8.78. The highest BCUT2D eigenvalue weighted by Crippen LogP contribution is 1.93. The Bertz CT molecular complexity index is 251. The fourth-order valence-corrected chi connectivity index (χ4v) is 2.22. The van der Waals surface area contributed by atoms with E-state index in [1.807, 2.05) is 0 Å². The Kier molecular flexibility index (Phi) is 23.5. The fourth-order valence-electron chi connectivity index (χ4n) is 2.22. The number of ether oxygens (including phenoxy) is 5. The number of aliphatic hydroxyl groups excluding tert-OH is 1. The third-order valence-corrected chi connectivity index (χ3v) is 3.92.